The van der Waals surface area contributed by atoms with Crippen LogP contribution in [-0.2, 0) is 11.2 Å². The van der Waals surface area contributed by atoms with Gasteiger partial charge in [0.15, 0.2) is 5.82 Å². The Balaban J connectivity index is 2.06. The van der Waals surface area contributed by atoms with Gasteiger partial charge in [-0.1, -0.05) is 0 Å². The number of hydrogen-bond donors (Lipinski definition) is 1. The third-order valence-corrected chi connectivity index (χ3v) is 4.57. The molecule has 4 nitrogen and oxygen atoms in total. The first-order chi connectivity index (χ1) is 9.87. The summed E-state index contributed by atoms with van der Waals surface area (Å²) in [5.74, 6) is 2.89. The van der Waals surface area contributed by atoms with Crippen LogP contribution in [0.5, 0.6) is 0 Å². The lowest BCUT2D eigenvalue weighted by Crippen LogP contribution is -2.37. The van der Waals surface area contributed by atoms with Crippen LogP contribution in [0.25, 0.3) is 0 Å². The van der Waals surface area contributed by atoms with Crippen molar-refractivity contribution in [2.24, 2.45) is 0 Å². The lowest BCUT2D eigenvalue weighted by molar-refractivity contribution is 0.0691. The summed E-state index contributed by atoms with van der Waals surface area (Å²) < 4.78 is 5.78. The Labute approximate surface area is 132 Å². The van der Waals surface area contributed by atoms with E-state index in [0.717, 1.165) is 48.3 Å². The maximum atomic E-state index is 5.78. The quantitative estimate of drug-likeness (QED) is 0.927. The van der Waals surface area contributed by atoms with E-state index in [1.165, 1.54) is 5.56 Å². The van der Waals surface area contributed by atoms with Gasteiger partial charge in [-0.25, -0.2) is 9.97 Å². The Morgan fingerprint density at radius 1 is 1.24 bits per heavy atom. The Bertz CT molecular complexity index is 456. The molecule has 1 aromatic heterocycles. The van der Waals surface area contributed by atoms with E-state index in [-0.39, 0.29) is 11.6 Å². The standard InChI is InChI=1S/C16H27N3OS/c1-11-13(6-7-17-16(3,4)5)12(2)19-15(18-11)14-10-21-9-8-20-14/h14,17H,6-10H2,1-5H3. The fourth-order valence-corrected chi connectivity index (χ4v) is 3.31. The molecule has 0 aliphatic carbocycles. The zero-order valence-corrected chi connectivity index (χ0v) is 14.6. The van der Waals surface area contributed by atoms with Crippen molar-refractivity contribution in [2.75, 3.05) is 24.7 Å². The summed E-state index contributed by atoms with van der Waals surface area (Å²) in [6.07, 6.45) is 1.03. The Morgan fingerprint density at radius 2 is 1.90 bits per heavy atom. The van der Waals surface area contributed by atoms with Crippen LogP contribution in [0, 0.1) is 13.8 Å². The van der Waals surface area contributed by atoms with Crippen molar-refractivity contribution in [1.82, 2.24) is 15.3 Å². The second-order valence-electron chi connectivity index (χ2n) is 6.59. The number of nitrogens with one attached hydrogen (secondary N) is 1. The predicted molar refractivity (Wildman–Crippen MR) is 89.0 cm³/mol. The van der Waals surface area contributed by atoms with Gasteiger partial charge in [-0.15, -0.1) is 0 Å². The first-order valence-corrected chi connectivity index (χ1v) is 8.80. The van der Waals surface area contributed by atoms with E-state index in [1.54, 1.807) is 0 Å². The summed E-state index contributed by atoms with van der Waals surface area (Å²) in [6.45, 7) is 12.5. The number of nitrogens with zero attached hydrogens (tertiary/aromatic N) is 2. The molecule has 0 bridgehead atoms. The molecule has 5 heteroatoms. The van der Waals surface area contributed by atoms with Crippen LogP contribution in [0.3, 0.4) is 0 Å². The van der Waals surface area contributed by atoms with Crippen LogP contribution in [0.4, 0.5) is 0 Å². The average Bonchev–Trinajstić information content (AvgIpc) is 2.41. The van der Waals surface area contributed by atoms with Gasteiger partial charge in [0.05, 0.1) is 6.61 Å². The molecule has 0 aromatic carbocycles. The number of aromatic nitrogens is 2. The first kappa shape index (κ1) is 16.7. The van der Waals surface area contributed by atoms with Crippen LogP contribution >= 0.6 is 11.8 Å². The maximum absolute atomic E-state index is 5.78. The molecule has 118 valence electrons. The lowest BCUT2D eigenvalue weighted by atomic mass is 10.1. The minimum absolute atomic E-state index is 0.0582. The van der Waals surface area contributed by atoms with E-state index in [1.807, 2.05) is 11.8 Å². The van der Waals surface area contributed by atoms with Gasteiger partial charge in [0.1, 0.15) is 6.10 Å². The monoisotopic (exact) mass is 309 g/mol. The van der Waals surface area contributed by atoms with E-state index in [4.69, 9.17) is 14.7 Å². The Kier molecular flexibility index (Phi) is 5.63. The zero-order valence-electron chi connectivity index (χ0n) is 13.8. The molecule has 1 atom stereocenters. The highest BCUT2D eigenvalue weighted by Crippen LogP contribution is 2.25. The molecule has 0 radical (unpaired) electrons. The highest BCUT2D eigenvalue weighted by atomic mass is 32.2. The van der Waals surface area contributed by atoms with Crippen LogP contribution in [0.15, 0.2) is 0 Å². The van der Waals surface area contributed by atoms with Gasteiger partial charge in [-0.05, 0) is 53.1 Å². The largest absolute Gasteiger partial charge is 0.368 e. The van der Waals surface area contributed by atoms with Crippen molar-refractivity contribution >= 4 is 11.8 Å². The zero-order chi connectivity index (χ0) is 15.5. The minimum atomic E-state index is 0.0582. The SMILES string of the molecule is Cc1nc(C2CSCCO2)nc(C)c1CCNC(C)(C)C. The van der Waals surface area contributed by atoms with E-state index in [2.05, 4.69) is 39.9 Å². The number of rotatable bonds is 4. The third-order valence-electron chi connectivity index (χ3n) is 3.57. The predicted octanol–water partition coefficient (Wildman–Crippen LogP) is 2.83. The van der Waals surface area contributed by atoms with Crippen LogP contribution in [0.2, 0.25) is 0 Å². The smallest absolute Gasteiger partial charge is 0.158 e. The molecule has 1 aliphatic rings. The summed E-state index contributed by atoms with van der Waals surface area (Å²) in [5, 5.41) is 3.52. The molecule has 0 amide bonds. The molecule has 0 spiro atoms. The van der Waals surface area contributed by atoms with Gasteiger partial charge in [-0.2, -0.15) is 11.8 Å². The van der Waals surface area contributed by atoms with Crippen LogP contribution in [0.1, 0.15) is 49.7 Å². The topological polar surface area (TPSA) is 47.0 Å². The molecule has 0 saturated carbocycles. The van der Waals surface area contributed by atoms with Crippen molar-refractivity contribution in [3.8, 4) is 0 Å². The van der Waals surface area contributed by atoms with Gasteiger partial charge in [0.25, 0.3) is 0 Å². The molecule has 1 saturated heterocycles. The van der Waals surface area contributed by atoms with Gasteiger partial charge >= 0.3 is 0 Å². The summed E-state index contributed by atoms with van der Waals surface area (Å²) in [6, 6.07) is 0. The normalized spacial score (nSPS) is 19.8. The fourth-order valence-electron chi connectivity index (χ4n) is 2.47. The van der Waals surface area contributed by atoms with Crippen LogP contribution in [-0.4, -0.2) is 40.2 Å². The Hall–Kier alpha value is -0.650. The molecule has 1 fully saturated rings. The molecule has 1 N–H and O–H groups in total. The molecular formula is C16H27N3OS. The molecule has 21 heavy (non-hydrogen) atoms. The molecule has 1 aliphatic heterocycles. The van der Waals surface area contributed by atoms with Crippen molar-refractivity contribution in [1.29, 1.82) is 0 Å². The second-order valence-corrected chi connectivity index (χ2v) is 7.74. The molecule has 2 heterocycles. The van der Waals surface area contributed by atoms with E-state index < -0.39 is 0 Å². The number of ether oxygens (including phenoxy) is 1. The molecule has 1 unspecified atom stereocenters. The average molecular weight is 309 g/mol. The number of thioether (sulfide) groups is 1. The van der Waals surface area contributed by atoms with Gasteiger partial charge in [0.2, 0.25) is 0 Å². The van der Waals surface area contributed by atoms with Gasteiger partial charge < -0.3 is 10.1 Å². The van der Waals surface area contributed by atoms with E-state index in [0.29, 0.717) is 0 Å². The molecular weight excluding hydrogens is 282 g/mol. The van der Waals surface area contributed by atoms with Crippen molar-refractivity contribution in [2.45, 2.75) is 52.7 Å². The maximum Gasteiger partial charge on any atom is 0.158 e. The summed E-state index contributed by atoms with van der Waals surface area (Å²) >= 11 is 1.92. The number of hydrogen-bond acceptors (Lipinski definition) is 5. The van der Waals surface area contributed by atoms with Gasteiger partial charge in [0, 0.05) is 28.4 Å². The van der Waals surface area contributed by atoms with Crippen LogP contribution < -0.4 is 5.32 Å². The van der Waals surface area contributed by atoms with E-state index >= 15 is 0 Å². The number of aryl methyl sites for hydroxylation is 2. The summed E-state index contributed by atoms with van der Waals surface area (Å²) in [7, 11) is 0. The van der Waals surface area contributed by atoms with Crippen molar-refractivity contribution in [3.63, 3.8) is 0 Å². The lowest BCUT2D eigenvalue weighted by Gasteiger charge is -2.23. The van der Waals surface area contributed by atoms with Gasteiger partial charge in [-0.3, -0.25) is 0 Å². The third kappa shape index (κ3) is 4.94. The Morgan fingerprint density at radius 3 is 2.43 bits per heavy atom. The summed E-state index contributed by atoms with van der Waals surface area (Å²) in [5.41, 5.74) is 3.59. The van der Waals surface area contributed by atoms with E-state index in [9.17, 15) is 0 Å². The second kappa shape index (κ2) is 7.07. The molecule has 1 aromatic rings. The van der Waals surface area contributed by atoms with Crippen molar-refractivity contribution in [3.05, 3.63) is 22.8 Å². The highest BCUT2D eigenvalue weighted by Gasteiger charge is 2.21. The van der Waals surface area contributed by atoms with Crippen molar-refractivity contribution < 1.29 is 4.74 Å². The fraction of sp³-hybridized carbons (Fsp3) is 0.750. The first-order valence-electron chi connectivity index (χ1n) is 7.65. The molecule has 2 rings (SSSR count). The summed E-state index contributed by atoms with van der Waals surface area (Å²) in [4.78, 5) is 9.39. The minimum Gasteiger partial charge on any atom is -0.368 e. The highest BCUT2D eigenvalue weighted by molar-refractivity contribution is 7.99.